The maximum absolute atomic E-state index is 13.3. The fourth-order valence-corrected chi connectivity index (χ4v) is 11.7. The van der Waals surface area contributed by atoms with E-state index in [1.165, 1.54) is 12.7 Å². The Bertz CT molecular complexity index is 934. The molecule has 7 heteroatoms. The van der Waals surface area contributed by atoms with Crippen molar-refractivity contribution in [2.45, 2.75) is 104 Å². The van der Waals surface area contributed by atoms with E-state index < -0.39 is 8.32 Å². The lowest BCUT2D eigenvalue weighted by Gasteiger charge is -2.42. The van der Waals surface area contributed by atoms with Gasteiger partial charge in [-0.1, -0.05) is 61.8 Å². The Kier molecular flexibility index (Phi) is 8.74. The van der Waals surface area contributed by atoms with Gasteiger partial charge in [0, 0.05) is 17.8 Å². The van der Waals surface area contributed by atoms with Crippen LogP contribution in [0.4, 0.5) is 5.82 Å². The molecule has 2 aromatic heterocycles. The van der Waals surface area contributed by atoms with Crippen LogP contribution in [0.5, 0.6) is 0 Å². The molecule has 2 heterocycles. The molecule has 3 atom stereocenters. The summed E-state index contributed by atoms with van der Waals surface area (Å²) in [6.45, 7) is 18.7. The van der Waals surface area contributed by atoms with Crippen molar-refractivity contribution >= 4 is 19.9 Å². The first-order valence-electron chi connectivity index (χ1n) is 12.9. The summed E-state index contributed by atoms with van der Waals surface area (Å²) in [6.07, 6.45) is 8.09. The molecule has 2 aromatic rings. The molecule has 6 nitrogen and oxygen atoms in total. The summed E-state index contributed by atoms with van der Waals surface area (Å²) in [6, 6.07) is 2.13. The second kappa shape index (κ2) is 11.2. The number of furan rings is 1. The maximum Gasteiger partial charge on any atom is 0.233 e. The van der Waals surface area contributed by atoms with Crippen LogP contribution in [-0.2, 0) is 11.0 Å². The molecule has 3 rings (SSSR count). The molecular formula is C27H43N3O3Si. The van der Waals surface area contributed by atoms with Gasteiger partial charge >= 0.3 is 0 Å². The maximum atomic E-state index is 13.3. The third-order valence-electron chi connectivity index (χ3n) is 7.94. The normalized spacial score (nSPS) is 21.1. The topological polar surface area (TPSA) is 77.2 Å². The second-order valence-corrected chi connectivity index (χ2v) is 16.5. The van der Waals surface area contributed by atoms with Gasteiger partial charge in [-0.15, -0.1) is 0 Å². The van der Waals surface area contributed by atoms with Gasteiger partial charge in [0.2, 0.25) is 14.1 Å². The average molecular weight is 486 g/mol. The van der Waals surface area contributed by atoms with Crippen LogP contribution in [0, 0.1) is 11.8 Å². The second-order valence-electron chi connectivity index (χ2n) is 11.0. The van der Waals surface area contributed by atoms with E-state index in [1.807, 2.05) is 6.07 Å². The molecule has 0 aromatic carbocycles. The van der Waals surface area contributed by atoms with E-state index in [9.17, 15) is 4.79 Å². The molecule has 34 heavy (non-hydrogen) atoms. The third kappa shape index (κ3) is 5.46. The number of nitrogens with one attached hydrogen (secondary N) is 1. The molecule has 0 amide bonds. The van der Waals surface area contributed by atoms with Crippen LogP contribution in [0.3, 0.4) is 0 Å². The zero-order valence-electron chi connectivity index (χ0n) is 22.2. The lowest BCUT2D eigenvalue weighted by Crippen LogP contribution is -2.47. The van der Waals surface area contributed by atoms with Crippen molar-refractivity contribution in [2.75, 3.05) is 5.32 Å². The minimum Gasteiger partial charge on any atom is -0.460 e. The zero-order chi connectivity index (χ0) is 25.0. The first kappa shape index (κ1) is 26.6. The summed E-state index contributed by atoms with van der Waals surface area (Å²) in [5.41, 5.74) is 2.85. The highest BCUT2D eigenvalue weighted by molar-refractivity contribution is 6.77. The number of carbonyl (C=O) groups excluding carboxylic acids is 1. The zero-order valence-corrected chi connectivity index (χ0v) is 23.2. The van der Waals surface area contributed by atoms with Crippen LogP contribution in [0.15, 0.2) is 29.3 Å². The Balaban J connectivity index is 1.74. The van der Waals surface area contributed by atoms with Crippen molar-refractivity contribution in [1.82, 2.24) is 9.97 Å². The number of nitrogens with zero attached hydrogens (tertiary/aromatic N) is 2. The van der Waals surface area contributed by atoms with Crippen molar-refractivity contribution in [3.63, 3.8) is 0 Å². The molecule has 1 aliphatic rings. The predicted molar refractivity (Wildman–Crippen MR) is 140 cm³/mol. The SMILES string of the molecule is CC[C@H]1C[C@@H](Nc2ncncc2C(=O)c2cc(CO[Si](C(C)C)(C(C)C)C(C)C)co2)C[C@@H]1C. The monoisotopic (exact) mass is 485 g/mol. The number of aromatic nitrogens is 2. The highest BCUT2D eigenvalue weighted by atomic mass is 28.4. The Labute approximate surface area is 206 Å². The van der Waals surface area contributed by atoms with E-state index in [4.69, 9.17) is 8.84 Å². The van der Waals surface area contributed by atoms with Crippen molar-refractivity contribution in [2.24, 2.45) is 11.8 Å². The number of carbonyl (C=O) groups is 1. The number of ketones is 1. The summed E-state index contributed by atoms with van der Waals surface area (Å²) in [4.78, 5) is 21.8. The molecule has 0 bridgehead atoms. The van der Waals surface area contributed by atoms with Gasteiger partial charge < -0.3 is 14.2 Å². The molecule has 1 fully saturated rings. The Morgan fingerprint density at radius 2 is 1.85 bits per heavy atom. The average Bonchev–Trinajstić information content (AvgIpc) is 3.39. The molecular weight excluding hydrogens is 442 g/mol. The molecule has 188 valence electrons. The molecule has 1 saturated carbocycles. The van der Waals surface area contributed by atoms with Crippen LogP contribution in [-0.4, -0.2) is 30.1 Å². The van der Waals surface area contributed by atoms with Gasteiger partial charge in [-0.05, 0) is 47.4 Å². The summed E-state index contributed by atoms with van der Waals surface area (Å²) in [5.74, 6) is 2.08. The van der Waals surface area contributed by atoms with Crippen LogP contribution < -0.4 is 5.32 Å². The fraction of sp³-hybridized carbons (Fsp3) is 0.667. The van der Waals surface area contributed by atoms with E-state index in [0.29, 0.717) is 58.2 Å². The van der Waals surface area contributed by atoms with Crippen LogP contribution in [0.25, 0.3) is 0 Å². The summed E-state index contributed by atoms with van der Waals surface area (Å²) >= 11 is 0. The first-order valence-corrected chi connectivity index (χ1v) is 15.1. The van der Waals surface area contributed by atoms with Crippen molar-refractivity contribution in [1.29, 1.82) is 0 Å². The Morgan fingerprint density at radius 1 is 1.18 bits per heavy atom. The third-order valence-corrected chi connectivity index (χ3v) is 14.0. The molecule has 0 spiro atoms. The van der Waals surface area contributed by atoms with Crippen molar-refractivity contribution in [3.8, 4) is 0 Å². The largest absolute Gasteiger partial charge is 0.460 e. The Morgan fingerprint density at radius 3 is 2.44 bits per heavy atom. The molecule has 1 N–H and O–H groups in total. The van der Waals surface area contributed by atoms with Crippen molar-refractivity contribution < 1.29 is 13.6 Å². The summed E-state index contributed by atoms with van der Waals surface area (Å²) < 4.78 is 12.4. The Hall–Kier alpha value is -1.99. The summed E-state index contributed by atoms with van der Waals surface area (Å²) in [7, 11) is -1.99. The van der Waals surface area contributed by atoms with Gasteiger partial charge in [0.15, 0.2) is 5.76 Å². The fourth-order valence-electron chi connectivity index (χ4n) is 6.24. The van der Waals surface area contributed by atoms with Gasteiger partial charge in [-0.3, -0.25) is 4.79 Å². The number of hydrogen-bond acceptors (Lipinski definition) is 6. The highest BCUT2D eigenvalue weighted by Crippen LogP contribution is 2.43. The van der Waals surface area contributed by atoms with Crippen molar-refractivity contribution in [3.05, 3.63) is 41.7 Å². The number of hydrogen-bond donors (Lipinski definition) is 1. The van der Waals surface area contributed by atoms with E-state index >= 15 is 0 Å². The lowest BCUT2D eigenvalue weighted by atomic mass is 9.96. The molecule has 1 aliphatic carbocycles. The quantitative estimate of drug-likeness (QED) is 0.267. The van der Waals surface area contributed by atoms with E-state index in [1.54, 1.807) is 12.5 Å². The van der Waals surface area contributed by atoms with E-state index in [-0.39, 0.29) is 5.78 Å². The molecule has 0 saturated heterocycles. The number of rotatable bonds is 11. The van der Waals surface area contributed by atoms with E-state index in [0.717, 1.165) is 18.4 Å². The predicted octanol–water partition coefficient (Wildman–Crippen LogP) is 7.23. The molecule has 0 radical (unpaired) electrons. The first-order chi connectivity index (χ1) is 16.1. The van der Waals surface area contributed by atoms with Gasteiger partial charge in [0.25, 0.3) is 0 Å². The van der Waals surface area contributed by atoms with Crippen LogP contribution in [0.1, 0.15) is 96.3 Å². The molecule has 0 aliphatic heterocycles. The minimum absolute atomic E-state index is 0.201. The lowest BCUT2D eigenvalue weighted by molar-refractivity contribution is 0.101. The smallest absolute Gasteiger partial charge is 0.233 e. The van der Waals surface area contributed by atoms with Crippen LogP contribution in [0.2, 0.25) is 16.6 Å². The van der Waals surface area contributed by atoms with Crippen LogP contribution >= 0.6 is 0 Å². The standard InChI is InChI=1S/C27H43N3O3Si/c1-9-22-12-23(10-20(22)8)30-27-24(13-28-16-29-27)26(31)25-11-21(14-32-25)15-33-34(17(2)3,18(4)5)19(6)7/h11,13-14,16-20,22-23H,9-10,12,15H2,1-8H3,(H,28,29,30)/t20-,22-,23-/m0/s1. The van der Waals surface area contributed by atoms with Gasteiger partial charge in [-0.2, -0.15) is 0 Å². The number of anilines is 1. The van der Waals surface area contributed by atoms with Gasteiger partial charge in [-0.25, -0.2) is 9.97 Å². The minimum atomic E-state index is -1.99. The van der Waals surface area contributed by atoms with Gasteiger partial charge in [0.1, 0.15) is 12.1 Å². The van der Waals surface area contributed by atoms with E-state index in [2.05, 4.69) is 70.7 Å². The molecule has 0 unspecified atom stereocenters. The van der Waals surface area contributed by atoms with Gasteiger partial charge in [0.05, 0.1) is 18.4 Å². The highest BCUT2D eigenvalue weighted by Gasteiger charge is 2.45. The summed E-state index contributed by atoms with van der Waals surface area (Å²) in [5, 5.41) is 3.51.